The van der Waals surface area contributed by atoms with E-state index < -0.39 is 0 Å². The molecule has 3 heteroatoms. The summed E-state index contributed by atoms with van der Waals surface area (Å²) in [6.07, 6.45) is 0.659. The molecule has 1 heterocycles. The number of benzene rings is 2. The van der Waals surface area contributed by atoms with Gasteiger partial charge in [0.15, 0.2) is 5.78 Å². The molecule has 3 aromatic rings. The topological polar surface area (TPSA) is 54.0 Å². The maximum Gasteiger partial charge on any atom is 0.197 e. The second-order valence-electron chi connectivity index (χ2n) is 4.77. The molecule has 21 heavy (non-hydrogen) atoms. The summed E-state index contributed by atoms with van der Waals surface area (Å²) in [5.74, 6) is 0.631. The van der Waals surface area contributed by atoms with Crippen LogP contribution in [0.3, 0.4) is 0 Å². The van der Waals surface area contributed by atoms with Crippen molar-refractivity contribution in [2.24, 2.45) is 0 Å². The van der Waals surface area contributed by atoms with Crippen molar-refractivity contribution in [3.05, 3.63) is 71.0 Å². The Morgan fingerprint density at radius 3 is 2.52 bits per heavy atom. The highest BCUT2D eigenvalue weighted by atomic mass is 16.3. The van der Waals surface area contributed by atoms with Crippen LogP contribution in [0.5, 0.6) is 0 Å². The molecular formula is C18H13NO2. The quantitative estimate of drug-likeness (QED) is 0.676. The van der Waals surface area contributed by atoms with Crippen LogP contribution in [-0.2, 0) is 6.42 Å². The molecule has 1 aromatic heterocycles. The first kappa shape index (κ1) is 13.1. The van der Waals surface area contributed by atoms with Crippen molar-refractivity contribution in [3.8, 4) is 6.07 Å². The molecule has 0 radical (unpaired) electrons. The maximum absolute atomic E-state index is 12.8. The minimum atomic E-state index is -0.0683. The Morgan fingerprint density at radius 1 is 1.14 bits per heavy atom. The van der Waals surface area contributed by atoms with Gasteiger partial charge in [0.1, 0.15) is 11.3 Å². The van der Waals surface area contributed by atoms with Crippen LogP contribution >= 0.6 is 0 Å². The normalized spacial score (nSPS) is 10.5. The number of fused-ring (bicyclic) bond motifs is 1. The first-order valence-corrected chi connectivity index (χ1v) is 6.80. The second kappa shape index (κ2) is 5.26. The number of rotatable bonds is 3. The summed E-state index contributed by atoms with van der Waals surface area (Å²) in [6, 6.07) is 16.3. The fraction of sp³-hybridized carbons (Fsp3) is 0.111. The van der Waals surface area contributed by atoms with E-state index in [1.165, 1.54) is 0 Å². The van der Waals surface area contributed by atoms with Gasteiger partial charge in [-0.15, -0.1) is 0 Å². The molecule has 0 aliphatic heterocycles. The molecule has 102 valence electrons. The Bertz CT molecular complexity index is 851. The number of carbonyl (C=O) groups excluding carboxylic acids is 1. The van der Waals surface area contributed by atoms with Crippen LogP contribution in [0.15, 0.2) is 52.9 Å². The lowest BCUT2D eigenvalue weighted by atomic mass is 9.98. The SMILES string of the molecule is CCc1oc2ccccc2c1C(=O)c1ccc(C#N)cc1. The Morgan fingerprint density at radius 2 is 1.86 bits per heavy atom. The monoisotopic (exact) mass is 275 g/mol. The average Bonchev–Trinajstić information content (AvgIpc) is 2.92. The van der Waals surface area contributed by atoms with Crippen molar-refractivity contribution in [3.63, 3.8) is 0 Å². The van der Waals surface area contributed by atoms with Crippen molar-refractivity contribution >= 4 is 16.8 Å². The zero-order valence-corrected chi connectivity index (χ0v) is 11.6. The molecule has 0 amide bonds. The molecule has 3 rings (SSSR count). The fourth-order valence-corrected chi connectivity index (χ4v) is 2.43. The fourth-order valence-electron chi connectivity index (χ4n) is 2.43. The van der Waals surface area contributed by atoms with E-state index >= 15 is 0 Å². The van der Waals surface area contributed by atoms with Crippen LogP contribution < -0.4 is 0 Å². The minimum absolute atomic E-state index is 0.0683. The van der Waals surface area contributed by atoms with E-state index in [4.69, 9.17) is 9.68 Å². The molecule has 0 bridgehead atoms. The van der Waals surface area contributed by atoms with Gasteiger partial charge in [-0.05, 0) is 30.3 Å². The maximum atomic E-state index is 12.8. The predicted octanol–water partition coefficient (Wildman–Crippen LogP) is 4.10. The van der Waals surface area contributed by atoms with Crippen LogP contribution in [-0.4, -0.2) is 5.78 Å². The lowest BCUT2D eigenvalue weighted by Gasteiger charge is -2.01. The van der Waals surface area contributed by atoms with Crippen LogP contribution in [0.25, 0.3) is 11.0 Å². The summed E-state index contributed by atoms with van der Waals surface area (Å²) in [7, 11) is 0. The van der Waals surface area contributed by atoms with Crippen molar-refractivity contribution in [2.45, 2.75) is 13.3 Å². The molecular weight excluding hydrogens is 262 g/mol. The number of ketones is 1. The Labute approximate surface area is 122 Å². The largest absolute Gasteiger partial charge is 0.460 e. The van der Waals surface area contributed by atoms with E-state index in [0.29, 0.717) is 28.9 Å². The highest BCUT2D eigenvalue weighted by molar-refractivity contribution is 6.16. The molecule has 0 atom stereocenters. The van der Waals surface area contributed by atoms with Gasteiger partial charge in [0.25, 0.3) is 0 Å². The Kier molecular flexibility index (Phi) is 3.29. The van der Waals surface area contributed by atoms with E-state index in [1.807, 2.05) is 31.2 Å². The van der Waals surface area contributed by atoms with Gasteiger partial charge in [-0.2, -0.15) is 5.26 Å². The third kappa shape index (κ3) is 2.21. The summed E-state index contributed by atoms with van der Waals surface area (Å²) < 4.78 is 5.76. The Hall–Kier alpha value is -2.86. The predicted molar refractivity (Wildman–Crippen MR) is 80.2 cm³/mol. The van der Waals surface area contributed by atoms with Gasteiger partial charge >= 0.3 is 0 Å². The third-order valence-corrected chi connectivity index (χ3v) is 3.49. The van der Waals surface area contributed by atoms with Crippen LogP contribution in [0.1, 0.15) is 34.2 Å². The van der Waals surface area contributed by atoms with Crippen LogP contribution in [0.2, 0.25) is 0 Å². The number of hydrogen-bond donors (Lipinski definition) is 0. The van der Waals surface area contributed by atoms with E-state index in [9.17, 15) is 4.79 Å². The third-order valence-electron chi connectivity index (χ3n) is 3.49. The molecule has 0 aliphatic carbocycles. The second-order valence-corrected chi connectivity index (χ2v) is 4.77. The van der Waals surface area contributed by atoms with Crippen LogP contribution in [0.4, 0.5) is 0 Å². The number of furan rings is 1. The summed E-state index contributed by atoms with van der Waals surface area (Å²) in [5, 5.41) is 9.66. The van der Waals surface area contributed by atoms with Gasteiger partial charge in [-0.1, -0.05) is 25.1 Å². The summed E-state index contributed by atoms with van der Waals surface area (Å²) in [4.78, 5) is 12.8. The zero-order chi connectivity index (χ0) is 14.8. The molecule has 2 aromatic carbocycles. The number of aryl methyl sites for hydroxylation is 1. The van der Waals surface area contributed by atoms with E-state index in [1.54, 1.807) is 24.3 Å². The van der Waals surface area contributed by atoms with Gasteiger partial charge < -0.3 is 4.42 Å². The molecule has 0 aliphatic rings. The van der Waals surface area contributed by atoms with Gasteiger partial charge in [-0.25, -0.2) is 0 Å². The van der Waals surface area contributed by atoms with Gasteiger partial charge in [0, 0.05) is 17.4 Å². The number of nitriles is 1. The van der Waals surface area contributed by atoms with Crippen molar-refractivity contribution in [2.75, 3.05) is 0 Å². The summed E-state index contributed by atoms with van der Waals surface area (Å²) in [6.45, 7) is 1.97. The zero-order valence-electron chi connectivity index (χ0n) is 11.6. The van der Waals surface area contributed by atoms with Crippen LogP contribution in [0, 0.1) is 11.3 Å². The number of nitrogens with zero attached hydrogens (tertiary/aromatic N) is 1. The summed E-state index contributed by atoms with van der Waals surface area (Å²) in [5.41, 5.74) is 2.46. The highest BCUT2D eigenvalue weighted by Crippen LogP contribution is 2.28. The molecule has 0 saturated carbocycles. The number of carbonyl (C=O) groups is 1. The first-order chi connectivity index (χ1) is 10.2. The number of para-hydroxylation sites is 1. The minimum Gasteiger partial charge on any atom is -0.460 e. The molecule has 0 saturated heterocycles. The average molecular weight is 275 g/mol. The van der Waals surface area contributed by atoms with E-state index in [0.717, 1.165) is 11.0 Å². The highest BCUT2D eigenvalue weighted by Gasteiger charge is 2.20. The van der Waals surface area contributed by atoms with Crippen molar-refractivity contribution in [1.29, 1.82) is 5.26 Å². The lowest BCUT2D eigenvalue weighted by molar-refractivity contribution is 0.103. The first-order valence-electron chi connectivity index (χ1n) is 6.80. The Balaban J connectivity index is 2.14. The van der Waals surface area contributed by atoms with Crippen molar-refractivity contribution in [1.82, 2.24) is 0 Å². The molecule has 0 spiro atoms. The molecule has 0 fully saturated rings. The standard InChI is InChI=1S/C18H13NO2/c1-2-15-17(14-5-3-4-6-16(14)21-15)18(20)13-9-7-12(11-19)8-10-13/h3-10H,2H2,1H3. The van der Waals surface area contributed by atoms with Gasteiger partial charge in [-0.3, -0.25) is 4.79 Å². The number of hydrogen-bond acceptors (Lipinski definition) is 3. The van der Waals surface area contributed by atoms with Gasteiger partial charge in [0.05, 0.1) is 17.2 Å². The van der Waals surface area contributed by atoms with E-state index in [-0.39, 0.29) is 5.78 Å². The van der Waals surface area contributed by atoms with E-state index in [2.05, 4.69) is 6.07 Å². The smallest absolute Gasteiger partial charge is 0.197 e. The molecule has 0 N–H and O–H groups in total. The van der Waals surface area contributed by atoms with Crippen molar-refractivity contribution < 1.29 is 9.21 Å². The van der Waals surface area contributed by atoms with Gasteiger partial charge in [0.2, 0.25) is 0 Å². The molecule has 0 unspecified atom stereocenters. The molecule has 3 nitrogen and oxygen atoms in total. The lowest BCUT2D eigenvalue weighted by Crippen LogP contribution is -2.03. The summed E-state index contributed by atoms with van der Waals surface area (Å²) >= 11 is 0.